The Kier molecular flexibility index (Phi) is 8.95. The number of para-hydroxylation sites is 1. The largest absolute Gasteiger partial charge is 0.311 e. The summed E-state index contributed by atoms with van der Waals surface area (Å²) < 4.78 is 0. The normalized spacial score (nSPS) is 11.2. The summed E-state index contributed by atoms with van der Waals surface area (Å²) in [5.41, 5.74) is 15.5. The molecular formula is C56H39N. The highest BCUT2D eigenvalue weighted by atomic mass is 15.1. The number of benzene rings is 10. The quantitative estimate of drug-likeness (QED) is 0.141. The van der Waals surface area contributed by atoms with Crippen LogP contribution in [0.1, 0.15) is 0 Å². The minimum atomic E-state index is 1.10. The summed E-state index contributed by atoms with van der Waals surface area (Å²) in [6.45, 7) is 0. The van der Waals surface area contributed by atoms with E-state index in [4.69, 9.17) is 0 Å². The van der Waals surface area contributed by atoms with Crippen molar-refractivity contribution in [1.82, 2.24) is 0 Å². The van der Waals surface area contributed by atoms with Crippen molar-refractivity contribution >= 4 is 38.6 Å². The molecule has 268 valence electrons. The number of hydrogen-bond donors (Lipinski definition) is 0. The second-order valence-electron chi connectivity index (χ2n) is 14.5. The SMILES string of the molecule is c1ccc(-c2ccc(-c3ccc(N(c4ccccc4)c4ccc(-c5ccc6c(c5)c(-c5ccccc5)c(-c5ccccc5)c5ccccc56)cc4)cc3)cc2)cc1. The highest BCUT2D eigenvalue weighted by Gasteiger charge is 2.19. The third-order valence-electron chi connectivity index (χ3n) is 11.1. The van der Waals surface area contributed by atoms with Crippen molar-refractivity contribution < 1.29 is 0 Å². The van der Waals surface area contributed by atoms with E-state index < -0.39 is 0 Å². The minimum absolute atomic E-state index is 1.10. The Morgan fingerprint density at radius 2 is 0.509 bits per heavy atom. The topological polar surface area (TPSA) is 3.24 Å². The first-order valence-corrected chi connectivity index (χ1v) is 19.6. The Balaban J connectivity index is 1.04. The predicted octanol–water partition coefficient (Wildman–Crippen LogP) is 15.8. The molecule has 10 rings (SSSR count). The summed E-state index contributed by atoms with van der Waals surface area (Å²) in [6, 6.07) is 85.5. The molecule has 0 fully saturated rings. The molecule has 0 saturated carbocycles. The molecule has 10 aromatic carbocycles. The number of rotatable bonds is 8. The van der Waals surface area contributed by atoms with Crippen LogP contribution < -0.4 is 4.90 Å². The van der Waals surface area contributed by atoms with Crippen molar-refractivity contribution in [2.24, 2.45) is 0 Å². The van der Waals surface area contributed by atoms with Crippen LogP contribution in [0.3, 0.4) is 0 Å². The lowest BCUT2D eigenvalue weighted by atomic mass is 9.84. The third kappa shape index (κ3) is 6.56. The molecule has 57 heavy (non-hydrogen) atoms. The van der Waals surface area contributed by atoms with Crippen molar-refractivity contribution in [2.75, 3.05) is 4.90 Å². The van der Waals surface area contributed by atoms with E-state index in [0.717, 1.165) is 17.1 Å². The summed E-state index contributed by atoms with van der Waals surface area (Å²) in [5, 5.41) is 5.04. The van der Waals surface area contributed by atoms with E-state index in [1.165, 1.54) is 77.2 Å². The molecule has 0 aliphatic heterocycles. The lowest BCUT2D eigenvalue weighted by molar-refractivity contribution is 1.28. The van der Waals surface area contributed by atoms with Crippen LogP contribution in [0, 0.1) is 0 Å². The fourth-order valence-corrected chi connectivity index (χ4v) is 8.30. The van der Waals surface area contributed by atoms with Gasteiger partial charge in [0.2, 0.25) is 0 Å². The Hall–Kier alpha value is -7.48. The van der Waals surface area contributed by atoms with E-state index in [0.29, 0.717) is 0 Å². The maximum Gasteiger partial charge on any atom is 0.0462 e. The van der Waals surface area contributed by atoms with Crippen molar-refractivity contribution in [1.29, 1.82) is 0 Å². The predicted molar refractivity (Wildman–Crippen MR) is 243 cm³/mol. The van der Waals surface area contributed by atoms with Crippen LogP contribution in [0.4, 0.5) is 17.1 Å². The number of nitrogens with zero attached hydrogens (tertiary/aromatic N) is 1. The van der Waals surface area contributed by atoms with Gasteiger partial charge in [-0.25, -0.2) is 0 Å². The van der Waals surface area contributed by atoms with Gasteiger partial charge in [0.05, 0.1) is 0 Å². The Morgan fingerprint density at radius 1 is 0.193 bits per heavy atom. The van der Waals surface area contributed by atoms with Gasteiger partial charge in [0.25, 0.3) is 0 Å². The lowest BCUT2D eigenvalue weighted by Crippen LogP contribution is -2.09. The van der Waals surface area contributed by atoms with Gasteiger partial charge in [-0.2, -0.15) is 0 Å². The molecule has 0 aliphatic carbocycles. The van der Waals surface area contributed by atoms with Crippen LogP contribution in [0.15, 0.2) is 237 Å². The van der Waals surface area contributed by atoms with Crippen LogP contribution >= 0.6 is 0 Å². The van der Waals surface area contributed by atoms with Gasteiger partial charge >= 0.3 is 0 Å². The minimum Gasteiger partial charge on any atom is -0.311 e. The van der Waals surface area contributed by atoms with Crippen LogP contribution in [0.25, 0.3) is 77.2 Å². The van der Waals surface area contributed by atoms with Gasteiger partial charge in [0, 0.05) is 17.1 Å². The van der Waals surface area contributed by atoms with Gasteiger partial charge in [0.1, 0.15) is 0 Å². The van der Waals surface area contributed by atoms with E-state index in [9.17, 15) is 0 Å². The second kappa shape index (κ2) is 15.0. The molecule has 0 aromatic heterocycles. The molecule has 0 amide bonds. The van der Waals surface area contributed by atoms with Crippen LogP contribution in [-0.4, -0.2) is 0 Å². The zero-order valence-corrected chi connectivity index (χ0v) is 31.5. The average Bonchev–Trinajstić information content (AvgIpc) is 3.30. The summed E-state index contributed by atoms with van der Waals surface area (Å²) in [4.78, 5) is 2.33. The molecule has 0 saturated heterocycles. The molecule has 0 spiro atoms. The lowest BCUT2D eigenvalue weighted by Gasteiger charge is -2.26. The third-order valence-corrected chi connectivity index (χ3v) is 11.1. The van der Waals surface area contributed by atoms with Crippen LogP contribution in [0.5, 0.6) is 0 Å². The van der Waals surface area contributed by atoms with E-state index in [1.54, 1.807) is 0 Å². The Bertz CT molecular complexity index is 2940. The fourth-order valence-electron chi connectivity index (χ4n) is 8.30. The average molecular weight is 726 g/mol. The molecule has 0 unspecified atom stereocenters. The fraction of sp³-hybridized carbons (Fsp3) is 0. The van der Waals surface area contributed by atoms with E-state index >= 15 is 0 Å². The van der Waals surface area contributed by atoms with Crippen molar-refractivity contribution in [3.8, 4) is 55.6 Å². The van der Waals surface area contributed by atoms with Gasteiger partial charge in [0.15, 0.2) is 0 Å². The van der Waals surface area contributed by atoms with E-state index in [2.05, 4.69) is 241 Å². The second-order valence-corrected chi connectivity index (χ2v) is 14.5. The number of fused-ring (bicyclic) bond motifs is 3. The van der Waals surface area contributed by atoms with Crippen molar-refractivity contribution in [3.63, 3.8) is 0 Å². The molecule has 0 bridgehead atoms. The molecule has 0 radical (unpaired) electrons. The molecular weight excluding hydrogens is 687 g/mol. The van der Waals surface area contributed by atoms with Crippen molar-refractivity contribution in [2.45, 2.75) is 0 Å². The molecule has 1 heteroatoms. The molecule has 10 aromatic rings. The Morgan fingerprint density at radius 3 is 1.02 bits per heavy atom. The summed E-state index contributed by atoms with van der Waals surface area (Å²) in [6.07, 6.45) is 0. The maximum absolute atomic E-state index is 2.39. The summed E-state index contributed by atoms with van der Waals surface area (Å²) >= 11 is 0. The summed E-state index contributed by atoms with van der Waals surface area (Å²) in [7, 11) is 0. The van der Waals surface area contributed by atoms with Gasteiger partial charge < -0.3 is 4.90 Å². The molecule has 0 aliphatic rings. The highest BCUT2D eigenvalue weighted by Crippen LogP contribution is 2.46. The molecule has 1 nitrogen and oxygen atoms in total. The maximum atomic E-state index is 2.39. The molecule has 0 heterocycles. The summed E-state index contributed by atoms with van der Waals surface area (Å²) in [5.74, 6) is 0. The standard InChI is InChI=1S/C56H39N/c1-5-15-40(16-6-1)41-25-27-42(28-26-41)43-29-34-49(35-30-43)57(48-21-11-4-12-22-48)50-36-31-44(32-37-50)47-33-38-52-51-23-13-14-24-53(51)55(45-17-7-2-8-18-45)56(54(52)39-47)46-19-9-3-10-20-46/h1-39H. The zero-order valence-electron chi connectivity index (χ0n) is 31.5. The van der Waals surface area contributed by atoms with Gasteiger partial charge in [-0.15, -0.1) is 0 Å². The van der Waals surface area contributed by atoms with Crippen molar-refractivity contribution in [3.05, 3.63) is 237 Å². The number of hydrogen-bond acceptors (Lipinski definition) is 1. The first-order valence-electron chi connectivity index (χ1n) is 19.6. The zero-order chi connectivity index (χ0) is 38.0. The van der Waals surface area contributed by atoms with Crippen LogP contribution in [-0.2, 0) is 0 Å². The molecule has 0 atom stereocenters. The van der Waals surface area contributed by atoms with Gasteiger partial charge in [-0.05, 0) is 120 Å². The first-order chi connectivity index (χ1) is 28.3. The first kappa shape index (κ1) is 34.0. The Labute approximate surface area is 334 Å². The smallest absolute Gasteiger partial charge is 0.0462 e. The van der Waals surface area contributed by atoms with Gasteiger partial charge in [-0.3, -0.25) is 0 Å². The van der Waals surface area contributed by atoms with E-state index in [1.807, 2.05) is 0 Å². The molecule has 0 N–H and O–H groups in total. The van der Waals surface area contributed by atoms with Crippen LogP contribution in [0.2, 0.25) is 0 Å². The van der Waals surface area contributed by atoms with E-state index in [-0.39, 0.29) is 0 Å². The highest BCUT2D eigenvalue weighted by molar-refractivity contribution is 6.22. The monoisotopic (exact) mass is 725 g/mol. The number of anilines is 3. The van der Waals surface area contributed by atoms with Gasteiger partial charge in [-0.1, -0.05) is 194 Å².